The Morgan fingerprint density at radius 1 is 1.07 bits per heavy atom. The fourth-order valence-electron chi connectivity index (χ4n) is 0.622. The molecule has 14 heavy (non-hydrogen) atoms. The average molecular weight is 186 g/mol. The van der Waals surface area contributed by atoms with Gasteiger partial charge in [0.05, 0.1) is 0 Å². The van der Waals surface area contributed by atoms with E-state index in [-0.39, 0.29) is 6.61 Å². The van der Waals surface area contributed by atoms with E-state index in [0.717, 1.165) is 0 Å². The summed E-state index contributed by atoms with van der Waals surface area (Å²) in [4.78, 5) is 0. The summed E-state index contributed by atoms with van der Waals surface area (Å²) in [5.41, 5.74) is 0. The molecule has 1 heteroatoms. The third-order valence-corrected chi connectivity index (χ3v) is 1.20. The van der Waals surface area contributed by atoms with E-state index in [0.29, 0.717) is 6.42 Å². The Hall–Kier alpha value is -1.70. The van der Waals surface area contributed by atoms with Gasteiger partial charge in [-0.1, -0.05) is 42.2 Å². The van der Waals surface area contributed by atoms with Crippen LogP contribution in [0.2, 0.25) is 0 Å². The van der Waals surface area contributed by atoms with Gasteiger partial charge in [-0.3, -0.25) is 0 Å². The topological polar surface area (TPSA) is 20.2 Å². The summed E-state index contributed by atoms with van der Waals surface area (Å²) in [6, 6.07) is 0. The molecule has 0 aromatic carbocycles. The van der Waals surface area contributed by atoms with Gasteiger partial charge in [-0.05, 0) is 31.3 Å². The molecule has 0 aromatic heterocycles. The molecule has 0 aliphatic carbocycles. The van der Waals surface area contributed by atoms with Crippen molar-refractivity contribution in [3.8, 4) is 23.7 Å². The zero-order valence-electron chi connectivity index (χ0n) is 8.33. The third-order valence-electron chi connectivity index (χ3n) is 1.20. The molecule has 0 aliphatic rings. The largest absolute Gasteiger partial charge is 0.396 e. The smallest absolute Gasteiger partial charge is 0.0465 e. The Kier molecular flexibility index (Phi) is 9.93. The van der Waals surface area contributed by atoms with Crippen molar-refractivity contribution >= 4 is 0 Å². The average Bonchev–Trinajstić information content (AvgIpc) is 2.21. The van der Waals surface area contributed by atoms with Crippen molar-refractivity contribution in [3.05, 3.63) is 36.5 Å². The van der Waals surface area contributed by atoms with Crippen LogP contribution in [0.3, 0.4) is 0 Å². The van der Waals surface area contributed by atoms with Gasteiger partial charge >= 0.3 is 0 Å². The Balaban J connectivity index is 3.70. The molecular formula is C13H14O. The van der Waals surface area contributed by atoms with Crippen molar-refractivity contribution in [2.75, 3.05) is 6.61 Å². The van der Waals surface area contributed by atoms with Crippen molar-refractivity contribution in [3.63, 3.8) is 0 Å². The lowest BCUT2D eigenvalue weighted by Gasteiger charge is -1.79. The molecule has 0 radical (unpaired) electrons. The Morgan fingerprint density at radius 2 is 1.86 bits per heavy atom. The van der Waals surface area contributed by atoms with Crippen molar-refractivity contribution in [1.29, 1.82) is 0 Å². The molecule has 0 spiro atoms. The summed E-state index contributed by atoms with van der Waals surface area (Å²) in [5, 5.41) is 8.47. The van der Waals surface area contributed by atoms with Gasteiger partial charge in [0.25, 0.3) is 0 Å². The molecule has 0 heterocycles. The van der Waals surface area contributed by atoms with E-state index in [4.69, 9.17) is 5.11 Å². The maximum absolute atomic E-state index is 8.47. The second-order valence-electron chi connectivity index (χ2n) is 2.33. The maximum Gasteiger partial charge on any atom is 0.0465 e. The second-order valence-corrected chi connectivity index (χ2v) is 2.33. The Bertz CT molecular complexity index is 324. The van der Waals surface area contributed by atoms with E-state index < -0.39 is 0 Å². The van der Waals surface area contributed by atoms with Crippen LogP contribution in [0.15, 0.2) is 36.5 Å². The minimum Gasteiger partial charge on any atom is -0.396 e. The first-order chi connectivity index (χ1) is 6.91. The normalized spacial score (nSPS) is 10.1. The van der Waals surface area contributed by atoms with Crippen LogP contribution in [-0.2, 0) is 0 Å². The minimum absolute atomic E-state index is 0.196. The van der Waals surface area contributed by atoms with E-state index in [9.17, 15) is 0 Å². The lowest BCUT2D eigenvalue weighted by atomic mass is 10.3. The highest BCUT2D eigenvalue weighted by molar-refractivity contribution is 5.31. The van der Waals surface area contributed by atoms with E-state index >= 15 is 0 Å². The molecule has 0 atom stereocenters. The SMILES string of the molecule is CC#CC#C\C=C/C=C\C=C\CCO. The van der Waals surface area contributed by atoms with E-state index in [1.807, 2.05) is 30.4 Å². The first kappa shape index (κ1) is 12.3. The summed E-state index contributed by atoms with van der Waals surface area (Å²) >= 11 is 0. The van der Waals surface area contributed by atoms with Crippen LogP contribution in [0.25, 0.3) is 0 Å². The lowest BCUT2D eigenvalue weighted by Crippen LogP contribution is -1.73. The second kappa shape index (κ2) is 11.3. The molecule has 0 unspecified atom stereocenters. The van der Waals surface area contributed by atoms with Crippen LogP contribution in [-0.4, -0.2) is 11.7 Å². The number of aliphatic hydroxyl groups excluding tert-OH is 1. The third kappa shape index (κ3) is 10.3. The predicted octanol–water partition coefficient (Wildman–Crippen LogP) is 2.06. The summed E-state index contributed by atoms with van der Waals surface area (Å²) in [5.74, 6) is 10.8. The van der Waals surface area contributed by atoms with Crippen LogP contribution in [0, 0.1) is 23.7 Å². The number of hydrogen-bond acceptors (Lipinski definition) is 1. The molecule has 0 aliphatic heterocycles. The summed E-state index contributed by atoms with van der Waals surface area (Å²) in [6.07, 6.45) is 11.8. The molecule has 0 saturated carbocycles. The first-order valence-electron chi connectivity index (χ1n) is 4.43. The quantitative estimate of drug-likeness (QED) is 0.526. The van der Waals surface area contributed by atoms with Gasteiger partial charge in [0.15, 0.2) is 0 Å². The van der Waals surface area contributed by atoms with Gasteiger partial charge in [-0.15, -0.1) is 0 Å². The van der Waals surface area contributed by atoms with Crippen LogP contribution < -0.4 is 0 Å². The minimum atomic E-state index is 0.196. The molecule has 1 N–H and O–H groups in total. The van der Waals surface area contributed by atoms with E-state index in [1.54, 1.807) is 13.0 Å². The monoisotopic (exact) mass is 186 g/mol. The molecule has 0 saturated heterocycles. The summed E-state index contributed by atoms with van der Waals surface area (Å²) < 4.78 is 0. The molecule has 72 valence electrons. The van der Waals surface area contributed by atoms with E-state index in [1.165, 1.54) is 0 Å². The van der Waals surface area contributed by atoms with Gasteiger partial charge in [-0.25, -0.2) is 0 Å². The van der Waals surface area contributed by atoms with Crippen molar-refractivity contribution < 1.29 is 5.11 Å². The van der Waals surface area contributed by atoms with Gasteiger partial charge in [0.2, 0.25) is 0 Å². The number of allylic oxidation sites excluding steroid dienone is 5. The standard InChI is InChI=1S/C13H14O/c1-2-3-4-5-6-7-8-9-10-11-12-13-14/h6-11,14H,12-13H2,1H3/b7-6-,9-8-,11-10+. The molecule has 0 bridgehead atoms. The van der Waals surface area contributed by atoms with Crippen LogP contribution in [0.5, 0.6) is 0 Å². The molecule has 0 rings (SSSR count). The van der Waals surface area contributed by atoms with Crippen molar-refractivity contribution in [2.45, 2.75) is 13.3 Å². The number of hydrogen-bond donors (Lipinski definition) is 1. The molecule has 1 nitrogen and oxygen atoms in total. The zero-order valence-corrected chi connectivity index (χ0v) is 8.33. The van der Waals surface area contributed by atoms with Gasteiger partial charge in [0, 0.05) is 6.61 Å². The molecular weight excluding hydrogens is 172 g/mol. The van der Waals surface area contributed by atoms with Gasteiger partial charge in [0.1, 0.15) is 0 Å². The Morgan fingerprint density at radius 3 is 2.57 bits per heavy atom. The van der Waals surface area contributed by atoms with Crippen molar-refractivity contribution in [1.82, 2.24) is 0 Å². The lowest BCUT2D eigenvalue weighted by molar-refractivity contribution is 0.302. The Labute approximate surface area is 85.8 Å². The molecule has 0 amide bonds. The fraction of sp³-hybridized carbons (Fsp3) is 0.231. The van der Waals surface area contributed by atoms with Gasteiger partial charge < -0.3 is 5.11 Å². The van der Waals surface area contributed by atoms with E-state index in [2.05, 4.69) is 23.7 Å². The van der Waals surface area contributed by atoms with Crippen LogP contribution in [0.1, 0.15) is 13.3 Å². The van der Waals surface area contributed by atoms with Gasteiger partial charge in [-0.2, -0.15) is 0 Å². The summed E-state index contributed by atoms with van der Waals surface area (Å²) in [7, 11) is 0. The van der Waals surface area contributed by atoms with Crippen LogP contribution in [0.4, 0.5) is 0 Å². The molecule has 0 fully saturated rings. The number of aliphatic hydroxyl groups is 1. The fourth-order valence-corrected chi connectivity index (χ4v) is 0.622. The highest BCUT2D eigenvalue weighted by Gasteiger charge is 1.69. The molecule has 0 aromatic rings. The number of rotatable bonds is 4. The highest BCUT2D eigenvalue weighted by Crippen LogP contribution is 1.83. The zero-order chi connectivity index (χ0) is 10.5. The summed E-state index contributed by atoms with van der Waals surface area (Å²) in [6.45, 7) is 1.95. The predicted molar refractivity (Wildman–Crippen MR) is 60.3 cm³/mol. The maximum atomic E-state index is 8.47. The van der Waals surface area contributed by atoms with Crippen molar-refractivity contribution in [2.24, 2.45) is 0 Å². The first-order valence-corrected chi connectivity index (χ1v) is 4.43. The highest BCUT2D eigenvalue weighted by atomic mass is 16.2. The van der Waals surface area contributed by atoms with Crippen LogP contribution >= 0.6 is 0 Å².